The van der Waals surface area contributed by atoms with Crippen LogP contribution in [-0.2, 0) is 11.2 Å². The molecule has 0 aliphatic carbocycles. The van der Waals surface area contributed by atoms with Gasteiger partial charge in [-0.05, 0) is 12.8 Å². The molecule has 2 fully saturated rings. The van der Waals surface area contributed by atoms with Gasteiger partial charge in [0.15, 0.2) is 5.82 Å². The van der Waals surface area contributed by atoms with Crippen molar-refractivity contribution in [1.82, 2.24) is 15.1 Å². The van der Waals surface area contributed by atoms with E-state index in [9.17, 15) is 13.2 Å². The highest BCUT2D eigenvalue weighted by atomic mass is 32.1. The molecule has 2 aliphatic heterocycles. The molecule has 4 heterocycles. The van der Waals surface area contributed by atoms with Crippen LogP contribution in [0.5, 0.6) is 0 Å². The van der Waals surface area contributed by atoms with E-state index in [1.807, 2.05) is 0 Å². The Morgan fingerprint density at radius 1 is 1.27 bits per heavy atom. The van der Waals surface area contributed by atoms with Crippen LogP contribution in [0.1, 0.15) is 35.4 Å². The van der Waals surface area contributed by atoms with Gasteiger partial charge in [0.2, 0.25) is 5.89 Å². The molecule has 0 spiro atoms. The van der Waals surface area contributed by atoms with E-state index >= 15 is 0 Å². The number of aromatic nitrogens is 3. The molecule has 5 nitrogen and oxygen atoms in total. The van der Waals surface area contributed by atoms with E-state index in [0.717, 1.165) is 4.88 Å². The first-order valence-corrected chi connectivity index (χ1v) is 7.82. The number of nitrogens with zero attached hydrogens (tertiary/aromatic N) is 3. The van der Waals surface area contributed by atoms with Gasteiger partial charge in [-0.2, -0.15) is 18.2 Å². The van der Waals surface area contributed by atoms with Gasteiger partial charge in [0.1, 0.15) is 0 Å². The number of halogens is 3. The molecule has 2 aromatic heterocycles. The maximum Gasteiger partial charge on any atom is 0.395 e. The summed E-state index contributed by atoms with van der Waals surface area (Å²) in [6, 6.07) is 0. The van der Waals surface area contributed by atoms with Crippen LogP contribution < -0.4 is 0 Å². The van der Waals surface area contributed by atoms with Crippen LogP contribution in [0, 0.1) is 5.92 Å². The van der Waals surface area contributed by atoms with E-state index in [1.165, 1.54) is 11.3 Å². The molecule has 2 aliphatic rings. The smallest absolute Gasteiger partial charge is 0.373 e. The molecular weight excluding hydrogens is 319 g/mol. The first-order chi connectivity index (χ1) is 10.5. The van der Waals surface area contributed by atoms with Crippen molar-refractivity contribution in [2.45, 2.75) is 43.6 Å². The highest BCUT2D eigenvalue weighted by Crippen LogP contribution is 2.54. The molecule has 2 saturated heterocycles. The van der Waals surface area contributed by atoms with Gasteiger partial charge in [-0.15, -0.1) is 11.3 Å². The van der Waals surface area contributed by atoms with Crippen molar-refractivity contribution in [2.24, 2.45) is 5.92 Å². The van der Waals surface area contributed by atoms with Crippen molar-refractivity contribution in [3.05, 3.63) is 28.3 Å². The predicted octanol–water partition coefficient (Wildman–Crippen LogP) is 2.94. The summed E-state index contributed by atoms with van der Waals surface area (Å²) in [7, 11) is 0. The summed E-state index contributed by atoms with van der Waals surface area (Å²) < 4.78 is 50.4. The Bertz CT molecular complexity index is 658. The summed E-state index contributed by atoms with van der Waals surface area (Å²) in [4.78, 5) is 9.05. The molecule has 4 atom stereocenters. The van der Waals surface area contributed by atoms with E-state index < -0.39 is 30.2 Å². The molecule has 118 valence electrons. The number of hydrogen-bond donors (Lipinski definition) is 0. The van der Waals surface area contributed by atoms with E-state index in [1.54, 1.807) is 11.7 Å². The molecule has 2 bridgehead atoms. The Kier molecular flexibility index (Phi) is 3.23. The second-order valence-corrected chi connectivity index (χ2v) is 6.55. The van der Waals surface area contributed by atoms with Gasteiger partial charge in [0.05, 0.1) is 29.6 Å². The Morgan fingerprint density at radius 3 is 2.82 bits per heavy atom. The molecular formula is C13H12F3N3O2S. The van der Waals surface area contributed by atoms with Gasteiger partial charge in [0, 0.05) is 17.5 Å². The average Bonchev–Trinajstić information content (AvgIpc) is 3.22. The highest BCUT2D eigenvalue weighted by Gasteiger charge is 2.62. The molecule has 0 radical (unpaired) electrons. The number of rotatable bonds is 3. The molecule has 22 heavy (non-hydrogen) atoms. The normalized spacial score (nSPS) is 31.0. The largest absolute Gasteiger partial charge is 0.395 e. The minimum atomic E-state index is -4.32. The Morgan fingerprint density at radius 2 is 2.09 bits per heavy atom. The van der Waals surface area contributed by atoms with Crippen molar-refractivity contribution in [1.29, 1.82) is 0 Å². The third-order valence-corrected chi connectivity index (χ3v) is 5.02. The molecule has 0 saturated carbocycles. The standard InChI is InChI=1S/C13H12F3N3O2S/c14-13(15,16)11-8-2-1-7(20-8)10(11)12-18-9(19-21-12)3-6-4-17-5-22-6/h4-5,7-8,10-11H,1-3H2. The predicted molar refractivity (Wildman–Crippen MR) is 69.4 cm³/mol. The summed E-state index contributed by atoms with van der Waals surface area (Å²) in [6.45, 7) is 0. The first kappa shape index (κ1) is 14.1. The number of fused-ring (bicyclic) bond motifs is 2. The van der Waals surface area contributed by atoms with Gasteiger partial charge in [-0.1, -0.05) is 5.16 Å². The van der Waals surface area contributed by atoms with Crippen LogP contribution in [0.4, 0.5) is 13.2 Å². The lowest BCUT2D eigenvalue weighted by molar-refractivity contribution is -0.190. The second-order valence-electron chi connectivity index (χ2n) is 5.58. The SMILES string of the molecule is FC(F)(F)C1C2CCC(O2)C1c1nc(Cc2cncs2)no1. The third-order valence-electron chi connectivity index (χ3n) is 4.24. The van der Waals surface area contributed by atoms with Gasteiger partial charge >= 0.3 is 6.18 Å². The van der Waals surface area contributed by atoms with Crippen LogP contribution in [0.2, 0.25) is 0 Å². The van der Waals surface area contributed by atoms with Crippen molar-refractivity contribution >= 4 is 11.3 Å². The second kappa shape index (κ2) is 5.02. The molecule has 9 heteroatoms. The van der Waals surface area contributed by atoms with Crippen LogP contribution in [0.25, 0.3) is 0 Å². The fourth-order valence-corrected chi connectivity index (χ4v) is 3.96. The van der Waals surface area contributed by atoms with Gasteiger partial charge < -0.3 is 9.26 Å². The van der Waals surface area contributed by atoms with Crippen molar-refractivity contribution < 1.29 is 22.4 Å². The molecule has 0 N–H and O–H groups in total. The van der Waals surface area contributed by atoms with Crippen molar-refractivity contribution in [3.63, 3.8) is 0 Å². The van der Waals surface area contributed by atoms with Crippen molar-refractivity contribution in [3.8, 4) is 0 Å². The summed E-state index contributed by atoms with van der Waals surface area (Å²) in [5.74, 6) is -2.03. The van der Waals surface area contributed by atoms with Gasteiger partial charge in [-0.25, -0.2) is 0 Å². The van der Waals surface area contributed by atoms with Crippen LogP contribution in [0.3, 0.4) is 0 Å². The maximum absolute atomic E-state index is 13.3. The molecule has 4 unspecified atom stereocenters. The zero-order valence-electron chi connectivity index (χ0n) is 11.3. The lowest BCUT2D eigenvalue weighted by Crippen LogP contribution is -2.37. The first-order valence-electron chi connectivity index (χ1n) is 6.94. The Hall–Kier alpha value is -1.48. The third kappa shape index (κ3) is 2.32. The zero-order chi connectivity index (χ0) is 15.3. The minimum absolute atomic E-state index is 0.0361. The van der Waals surface area contributed by atoms with E-state index in [0.29, 0.717) is 25.1 Å². The van der Waals surface area contributed by atoms with E-state index in [2.05, 4.69) is 15.1 Å². The fourth-order valence-electron chi connectivity index (χ4n) is 3.37. The summed E-state index contributed by atoms with van der Waals surface area (Å²) in [5, 5.41) is 3.81. The Labute approximate surface area is 127 Å². The van der Waals surface area contributed by atoms with Crippen LogP contribution in [-0.4, -0.2) is 33.5 Å². The fraction of sp³-hybridized carbons (Fsp3) is 0.615. The molecule has 4 rings (SSSR count). The molecule has 0 aromatic carbocycles. The van der Waals surface area contributed by atoms with E-state index in [4.69, 9.17) is 9.26 Å². The number of ether oxygens (including phenoxy) is 1. The van der Waals surface area contributed by atoms with Gasteiger partial charge in [-0.3, -0.25) is 4.98 Å². The number of hydrogen-bond acceptors (Lipinski definition) is 6. The topological polar surface area (TPSA) is 61.0 Å². The zero-order valence-corrected chi connectivity index (χ0v) is 12.1. The lowest BCUT2D eigenvalue weighted by Gasteiger charge is -2.27. The summed E-state index contributed by atoms with van der Waals surface area (Å²) >= 11 is 1.44. The molecule has 2 aromatic rings. The average molecular weight is 331 g/mol. The lowest BCUT2D eigenvalue weighted by atomic mass is 9.78. The number of thiazole rings is 1. The van der Waals surface area contributed by atoms with Crippen LogP contribution in [0.15, 0.2) is 16.2 Å². The summed E-state index contributed by atoms with van der Waals surface area (Å²) in [6.07, 6.45) is -2.45. The molecule has 0 amide bonds. The van der Waals surface area contributed by atoms with Crippen molar-refractivity contribution in [2.75, 3.05) is 0 Å². The summed E-state index contributed by atoms with van der Waals surface area (Å²) in [5.41, 5.74) is 1.68. The van der Waals surface area contributed by atoms with Gasteiger partial charge in [0.25, 0.3) is 0 Å². The quantitative estimate of drug-likeness (QED) is 0.865. The monoisotopic (exact) mass is 331 g/mol. The number of alkyl halides is 3. The van der Waals surface area contributed by atoms with Crippen LogP contribution >= 0.6 is 11.3 Å². The van der Waals surface area contributed by atoms with E-state index in [-0.39, 0.29) is 5.89 Å². The minimum Gasteiger partial charge on any atom is -0.373 e. The Balaban J connectivity index is 1.59. The maximum atomic E-state index is 13.3. The highest BCUT2D eigenvalue weighted by molar-refractivity contribution is 7.09.